The van der Waals surface area contributed by atoms with Gasteiger partial charge in [-0.3, -0.25) is 5.01 Å². The Hall–Kier alpha value is -1.92. The van der Waals surface area contributed by atoms with Crippen LogP contribution in [0.4, 0.5) is 10.2 Å². The summed E-state index contributed by atoms with van der Waals surface area (Å²) in [7, 11) is 1.49. The van der Waals surface area contributed by atoms with E-state index in [-0.39, 0.29) is 11.8 Å². The average Bonchev–Trinajstić information content (AvgIpc) is 2.42. The molecular formula is C13H14ClFN4O. The van der Waals surface area contributed by atoms with E-state index in [1.807, 2.05) is 24.3 Å². The molecule has 1 aromatic carbocycles. The minimum atomic E-state index is -0.597. The summed E-state index contributed by atoms with van der Waals surface area (Å²) in [4.78, 5) is 7.64. The molecule has 0 saturated carbocycles. The SMILES string of the molecule is CN(N)c1nc(OCCc2ccc(Cl)cc2)ncc1F. The Morgan fingerprint density at radius 1 is 1.35 bits per heavy atom. The van der Waals surface area contributed by atoms with E-state index in [2.05, 4.69) is 9.97 Å². The van der Waals surface area contributed by atoms with E-state index in [4.69, 9.17) is 22.2 Å². The van der Waals surface area contributed by atoms with E-state index in [0.29, 0.717) is 18.1 Å². The Morgan fingerprint density at radius 3 is 2.70 bits per heavy atom. The quantitative estimate of drug-likeness (QED) is 0.677. The number of ether oxygens (including phenoxy) is 1. The molecule has 0 radical (unpaired) electrons. The second-order valence-electron chi connectivity index (χ2n) is 4.16. The van der Waals surface area contributed by atoms with Gasteiger partial charge in [0, 0.05) is 18.5 Å². The molecule has 0 amide bonds. The molecular weight excluding hydrogens is 283 g/mol. The second kappa shape index (κ2) is 6.49. The van der Waals surface area contributed by atoms with Crippen molar-refractivity contribution in [3.63, 3.8) is 0 Å². The van der Waals surface area contributed by atoms with E-state index in [1.165, 1.54) is 7.05 Å². The van der Waals surface area contributed by atoms with Gasteiger partial charge in [0.2, 0.25) is 0 Å². The first-order chi connectivity index (χ1) is 9.56. The van der Waals surface area contributed by atoms with Gasteiger partial charge in [0.1, 0.15) is 0 Å². The molecule has 0 spiro atoms. The smallest absolute Gasteiger partial charge is 0.318 e. The molecule has 0 fully saturated rings. The predicted octanol–water partition coefficient (Wildman–Crippen LogP) is 2.20. The summed E-state index contributed by atoms with van der Waals surface area (Å²) in [6.45, 7) is 0.376. The van der Waals surface area contributed by atoms with Crippen LogP contribution in [0, 0.1) is 5.82 Å². The fourth-order valence-electron chi connectivity index (χ4n) is 1.57. The van der Waals surface area contributed by atoms with Gasteiger partial charge in [-0.05, 0) is 17.7 Å². The molecule has 7 heteroatoms. The Balaban J connectivity index is 1.94. The number of benzene rings is 1. The lowest BCUT2D eigenvalue weighted by Gasteiger charge is -2.12. The molecule has 5 nitrogen and oxygen atoms in total. The third-order valence-corrected chi connectivity index (χ3v) is 2.82. The first kappa shape index (κ1) is 14.5. The Labute approximate surface area is 121 Å². The number of halogens is 2. The molecule has 0 aliphatic rings. The lowest BCUT2D eigenvalue weighted by atomic mass is 10.2. The van der Waals surface area contributed by atoms with Crippen LogP contribution in [0.3, 0.4) is 0 Å². The lowest BCUT2D eigenvalue weighted by molar-refractivity contribution is 0.295. The second-order valence-corrected chi connectivity index (χ2v) is 4.60. The highest BCUT2D eigenvalue weighted by Gasteiger charge is 2.09. The number of anilines is 1. The summed E-state index contributed by atoms with van der Waals surface area (Å²) in [6.07, 6.45) is 1.70. The zero-order valence-electron chi connectivity index (χ0n) is 10.9. The van der Waals surface area contributed by atoms with Crippen molar-refractivity contribution >= 4 is 17.4 Å². The van der Waals surface area contributed by atoms with Gasteiger partial charge in [-0.15, -0.1) is 0 Å². The van der Waals surface area contributed by atoms with E-state index in [1.54, 1.807) is 0 Å². The number of hydrogen-bond acceptors (Lipinski definition) is 5. The van der Waals surface area contributed by atoms with Crippen molar-refractivity contribution in [2.75, 3.05) is 18.7 Å². The molecule has 2 N–H and O–H groups in total. The molecule has 0 aliphatic heterocycles. The molecule has 20 heavy (non-hydrogen) atoms. The van der Waals surface area contributed by atoms with Crippen LogP contribution >= 0.6 is 11.6 Å². The first-order valence-electron chi connectivity index (χ1n) is 5.94. The number of aromatic nitrogens is 2. The number of hydrogen-bond donors (Lipinski definition) is 1. The van der Waals surface area contributed by atoms with Crippen LogP contribution in [0.5, 0.6) is 6.01 Å². The Morgan fingerprint density at radius 2 is 2.05 bits per heavy atom. The summed E-state index contributed by atoms with van der Waals surface area (Å²) in [5.74, 6) is 4.84. The molecule has 0 atom stereocenters. The van der Waals surface area contributed by atoms with Crippen LogP contribution in [0.2, 0.25) is 5.02 Å². The Bertz CT molecular complexity index is 577. The molecule has 0 unspecified atom stereocenters. The maximum atomic E-state index is 13.3. The molecule has 0 bridgehead atoms. The topological polar surface area (TPSA) is 64.3 Å². The number of rotatable bonds is 5. The van der Waals surface area contributed by atoms with Gasteiger partial charge < -0.3 is 4.74 Å². The molecule has 106 valence electrons. The van der Waals surface area contributed by atoms with Gasteiger partial charge >= 0.3 is 6.01 Å². The van der Waals surface area contributed by atoms with E-state index >= 15 is 0 Å². The van der Waals surface area contributed by atoms with E-state index in [0.717, 1.165) is 16.8 Å². The van der Waals surface area contributed by atoms with E-state index < -0.39 is 5.82 Å². The zero-order valence-corrected chi connectivity index (χ0v) is 11.6. The van der Waals surface area contributed by atoms with Crippen LogP contribution in [0.25, 0.3) is 0 Å². The highest BCUT2D eigenvalue weighted by molar-refractivity contribution is 6.30. The van der Waals surface area contributed by atoms with Crippen LogP contribution in [-0.2, 0) is 6.42 Å². The highest BCUT2D eigenvalue weighted by atomic mass is 35.5. The maximum Gasteiger partial charge on any atom is 0.318 e. The first-order valence-corrected chi connectivity index (χ1v) is 6.32. The van der Waals surface area contributed by atoms with Gasteiger partial charge in [-0.1, -0.05) is 23.7 Å². The number of nitrogens with zero attached hydrogens (tertiary/aromatic N) is 3. The van der Waals surface area contributed by atoms with Crippen molar-refractivity contribution in [3.05, 3.63) is 46.9 Å². The third-order valence-electron chi connectivity index (χ3n) is 2.57. The van der Waals surface area contributed by atoms with Crippen LogP contribution in [0.15, 0.2) is 30.5 Å². The summed E-state index contributed by atoms with van der Waals surface area (Å²) in [5.41, 5.74) is 1.08. The summed E-state index contributed by atoms with van der Waals surface area (Å²) in [5, 5.41) is 1.76. The molecule has 1 aromatic heterocycles. The fraction of sp³-hybridized carbons (Fsp3) is 0.231. The summed E-state index contributed by atoms with van der Waals surface area (Å²) >= 11 is 5.80. The van der Waals surface area contributed by atoms with Gasteiger partial charge in [0.05, 0.1) is 12.8 Å². The van der Waals surface area contributed by atoms with Crippen molar-refractivity contribution in [1.82, 2.24) is 9.97 Å². The van der Waals surface area contributed by atoms with Gasteiger partial charge in [0.25, 0.3) is 0 Å². The largest absolute Gasteiger partial charge is 0.463 e. The van der Waals surface area contributed by atoms with Crippen molar-refractivity contribution in [3.8, 4) is 6.01 Å². The average molecular weight is 297 g/mol. The number of nitrogens with two attached hydrogens (primary N) is 1. The van der Waals surface area contributed by atoms with Crippen molar-refractivity contribution in [1.29, 1.82) is 0 Å². The molecule has 2 rings (SSSR count). The van der Waals surface area contributed by atoms with Gasteiger partial charge in [-0.2, -0.15) is 4.98 Å². The van der Waals surface area contributed by atoms with Gasteiger partial charge in [0.15, 0.2) is 11.6 Å². The molecule has 0 saturated heterocycles. The van der Waals surface area contributed by atoms with Crippen molar-refractivity contribution in [2.45, 2.75) is 6.42 Å². The number of hydrazine groups is 1. The minimum Gasteiger partial charge on any atom is -0.463 e. The van der Waals surface area contributed by atoms with Crippen LogP contribution in [-0.4, -0.2) is 23.6 Å². The molecule has 1 heterocycles. The predicted molar refractivity (Wildman–Crippen MR) is 75.2 cm³/mol. The standard InChI is InChI=1S/C13H14ClFN4O/c1-19(16)12-11(15)8-17-13(18-12)20-7-6-9-2-4-10(14)5-3-9/h2-5,8H,6-7,16H2,1H3. The monoisotopic (exact) mass is 296 g/mol. The molecule has 0 aliphatic carbocycles. The lowest BCUT2D eigenvalue weighted by Crippen LogP contribution is -2.27. The Kier molecular flexibility index (Phi) is 4.70. The van der Waals surface area contributed by atoms with Gasteiger partial charge in [-0.25, -0.2) is 15.2 Å². The summed E-state index contributed by atoms with van der Waals surface area (Å²) < 4.78 is 18.7. The van der Waals surface area contributed by atoms with E-state index in [9.17, 15) is 4.39 Å². The zero-order chi connectivity index (χ0) is 14.5. The summed E-state index contributed by atoms with van der Waals surface area (Å²) in [6, 6.07) is 7.54. The highest BCUT2D eigenvalue weighted by Crippen LogP contribution is 2.15. The third kappa shape index (κ3) is 3.79. The van der Waals surface area contributed by atoms with Crippen LogP contribution < -0.4 is 15.6 Å². The van der Waals surface area contributed by atoms with Crippen molar-refractivity contribution < 1.29 is 9.13 Å². The minimum absolute atomic E-state index is 0.0125. The normalized spacial score (nSPS) is 10.4. The van der Waals surface area contributed by atoms with Crippen molar-refractivity contribution in [2.24, 2.45) is 5.84 Å². The molecule has 2 aromatic rings. The van der Waals surface area contributed by atoms with Crippen LogP contribution in [0.1, 0.15) is 5.56 Å². The maximum absolute atomic E-state index is 13.3. The fourth-order valence-corrected chi connectivity index (χ4v) is 1.70.